The summed E-state index contributed by atoms with van der Waals surface area (Å²) in [5.41, 5.74) is 1.32. The van der Waals surface area contributed by atoms with Crippen LogP contribution < -0.4 is 5.32 Å². The lowest BCUT2D eigenvalue weighted by molar-refractivity contribution is 0.0951. The molecule has 1 aromatic heterocycles. The van der Waals surface area contributed by atoms with Gasteiger partial charge in [-0.05, 0) is 66.9 Å². The van der Waals surface area contributed by atoms with Gasteiger partial charge in [0.15, 0.2) is 0 Å². The number of hydrogen-bond acceptors (Lipinski definition) is 4. The smallest absolute Gasteiger partial charge is 0.251 e. The molecule has 0 aliphatic heterocycles. The van der Waals surface area contributed by atoms with E-state index in [0.717, 1.165) is 18.4 Å². The van der Waals surface area contributed by atoms with Gasteiger partial charge in [0.25, 0.3) is 5.91 Å². The van der Waals surface area contributed by atoms with E-state index in [9.17, 15) is 13.2 Å². The molecular weight excluding hydrogens is 424 g/mol. The first-order chi connectivity index (χ1) is 14.4. The van der Waals surface area contributed by atoms with Crippen molar-refractivity contribution < 1.29 is 17.6 Å². The first kappa shape index (κ1) is 20.7. The number of halogens is 1. The molecule has 2 aromatic carbocycles. The van der Waals surface area contributed by atoms with Crippen LogP contribution in [0, 0.1) is 0 Å². The third-order valence-corrected chi connectivity index (χ3v) is 6.91. The molecule has 0 bridgehead atoms. The standard InChI is InChI=1S/C22H21ClN2O4S/c23-18-7-11-21(12-8-18)30(27,28)25(15-20-2-1-13-29-20)14-16-3-5-17(6-4-16)22(26)24-19-9-10-19/h1-8,11-13,19H,9-10,14-15H2,(H,24,26). The molecule has 6 nitrogen and oxygen atoms in total. The second kappa shape index (κ2) is 8.63. The maximum Gasteiger partial charge on any atom is 0.251 e. The molecule has 0 unspecified atom stereocenters. The lowest BCUT2D eigenvalue weighted by atomic mass is 10.1. The van der Waals surface area contributed by atoms with E-state index in [0.29, 0.717) is 16.3 Å². The van der Waals surface area contributed by atoms with Crippen LogP contribution in [-0.2, 0) is 23.1 Å². The van der Waals surface area contributed by atoms with E-state index >= 15 is 0 Å². The zero-order valence-electron chi connectivity index (χ0n) is 16.1. The fourth-order valence-corrected chi connectivity index (χ4v) is 4.54. The van der Waals surface area contributed by atoms with Gasteiger partial charge in [-0.3, -0.25) is 4.79 Å². The number of benzene rings is 2. The highest BCUT2D eigenvalue weighted by Gasteiger charge is 2.26. The van der Waals surface area contributed by atoms with Gasteiger partial charge in [-0.15, -0.1) is 0 Å². The molecule has 3 aromatic rings. The van der Waals surface area contributed by atoms with E-state index in [1.165, 1.54) is 22.7 Å². The lowest BCUT2D eigenvalue weighted by Crippen LogP contribution is -2.30. The monoisotopic (exact) mass is 444 g/mol. The number of hydrogen-bond donors (Lipinski definition) is 1. The molecule has 4 rings (SSSR count). The van der Waals surface area contributed by atoms with Crippen LogP contribution in [-0.4, -0.2) is 24.7 Å². The Kier molecular flexibility index (Phi) is 5.94. The van der Waals surface area contributed by atoms with Crippen LogP contribution in [0.15, 0.2) is 76.2 Å². The highest BCUT2D eigenvalue weighted by molar-refractivity contribution is 7.89. The third-order valence-electron chi connectivity index (χ3n) is 4.85. The first-order valence-electron chi connectivity index (χ1n) is 9.60. The topological polar surface area (TPSA) is 79.6 Å². The molecule has 1 aliphatic rings. The highest BCUT2D eigenvalue weighted by atomic mass is 35.5. The Morgan fingerprint density at radius 1 is 1.03 bits per heavy atom. The summed E-state index contributed by atoms with van der Waals surface area (Å²) >= 11 is 5.91. The highest BCUT2D eigenvalue weighted by Crippen LogP contribution is 2.23. The maximum atomic E-state index is 13.3. The Hall–Kier alpha value is -2.61. The molecule has 0 atom stereocenters. The number of furan rings is 1. The van der Waals surface area contributed by atoms with Crippen LogP contribution in [0.5, 0.6) is 0 Å². The third kappa shape index (κ3) is 4.92. The molecule has 8 heteroatoms. The SMILES string of the molecule is O=C(NC1CC1)c1ccc(CN(Cc2ccco2)S(=O)(=O)c2ccc(Cl)cc2)cc1. The zero-order valence-corrected chi connectivity index (χ0v) is 17.7. The summed E-state index contributed by atoms with van der Waals surface area (Å²) < 4.78 is 33.2. The summed E-state index contributed by atoms with van der Waals surface area (Å²) in [6.07, 6.45) is 3.55. The zero-order chi connectivity index (χ0) is 21.1. The molecule has 156 valence electrons. The molecule has 0 radical (unpaired) electrons. The average molecular weight is 445 g/mol. The van der Waals surface area contributed by atoms with Crippen LogP contribution in [0.4, 0.5) is 0 Å². The second-order valence-corrected chi connectivity index (χ2v) is 9.63. The number of sulfonamides is 1. The van der Waals surface area contributed by atoms with Gasteiger partial charge in [-0.2, -0.15) is 4.31 Å². The van der Waals surface area contributed by atoms with Gasteiger partial charge in [-0.1, -0.05) is 23.7 Å². The van der Waals surface area contributed by atoms with E-state index in [-0.39, 0.29) is 29.9 Å². The predicted octanol–water partition coefficient (Wildman–Crippen LogP) is 4.22. The predicted molar refractivity (Wildman–Crippen MR) is 114 cm³/mol. The summed E-state index contributed by atoms with van der Waals surface area (Å²) in [4.78, 5) is 12.3. The molecular formula is C22H21ClN2O4S. The van der Waals surface area contributed by atoms with Gasteiger partial charge in [0.1, 0.15) is 5.76 Å². The molecule has 1 aliphatic carbocycles. The van der Waals surface area contributed by atoms with Gasteiger partial charge in [0.05, 0.1) is 17.7 Å². The minimum atomic E-state index is -3.79. The fraction of sp³-hybridized carbons (Fsp3) is 0.227. The number of amides is 1. The van der Waals surface area contributed by atoms with E-state index in [2.05, 4.69) is 5.32 Å². The summed E-state index contributed by atoms with van der Waals surface area (Å²) in [6, 6.07) is 16.8. The van der Waals surface area contributed by atoms with Crippen LogP contribution >= 0.6 is 11.6 Å². The first-order valence-corrected chi connectivity index (χ1v) is 11.4. The van der Waals surface area contributed by atoms with Gasteiger partial charge >= 0.3 is 0 Å². The van der Waals surface area contributed by atoms with Gasteiger partial charge in [-0.25, -0.2) is 8.42 Å². The van der Waals surface area contributed by atoms with Gasteiger partial charge in [0.2, 0.25) is 10.0 Å². The van der Waals surface area contributed by atoms with Crippen molar-refractivity contribution in [2.24, 2.45) is 0 Å². The Balaban J connectivity index is 1.56. The Labute approximate surface area is 180 Å². The lowest BCUT2D eigenvalue weighted by Gasteiger charge is -2.21. The van der Waals surface area contributed by atoms with Gasteiger partial charge < -0.3 is 9.73 Å². The van der Waals surface area contributed by atoms with Crippen LogP contribution in [0.25, 0.3) is 0 Å². The summed E-state index contributed by atoms with van der Waals surface area (Å²) in [5, 5.41) is 3.41. The molecule has 0 spiro atoms. The number of rotatable bonds is 8. The number of carbonyl (C=O) groups excluding carboxylic acids is 1. The van der Waals surface area contributed by atoms with Crippen LogP contribution in [0.1, 0.15) is 34.5 Å². The van der Waals surface area contributed by atoms with Crippen molar-refractivity contribution in [2.45, 2.75) is 36.9 Å². The minimum absolute atomic E-state index is 0.0852. The van der Waals surface area contributed by atoms with Crippen molar-refractivity contribution in [3.05, 3.63) is 88.8 Å². The summed E-state index contributed by atoms with van der Waals surface area (Å²) in [5.74, 6) is 0.429. The van der Waals surface area contributed by atoms with Crippen molar-refractivity contribution in [1.29, 1.82) is 0 Å². The molecule has 0 saturated heterocycles. The van der Waals surface area contributed by atoms with Crippen LogP contribution in [0.2, 0.25) is 5.02 Å². The Bertz CT molecular complexity index is 1110. The van der Waals surface area contributed by atoms with Crippen molar-refractivity contribution in [1.82, 2.24) is 9.62 Å². The fourth-order valence-electron chi connectivity index (χ4n) is 3.02. The largest absolute Gasteiger partial charge is 0.468 e. The van der Waals surface area contributed by atoms with E-state index in [1.54, 1.807) is 48.5 Å². The van der Waals surface area contributed by atoms with Crippen molar-refractivity contribution in [2.75, 3.05) is 0 Å². The van der Waals surface area contributed by atoms with E-state index in [1.807, 2.05) is 0 Å². The second-order valence-electron chi connectivity index (χ2n) is 7.25. The van der Waals surface area contributed by atoms with E-state index < -0.39 is 10.0 Å². The number of nitrogens with zero attached hydrogens (tertiary/aromatic N) is 1. The molecule has 1 amide bonds. The van der Waals surface area contributed by atoms with Crippen molar-refractivity contribution in [3.63, 3.8) is 0 Å². The minimum Gasteiger partial charge on any atom is -0.468 e. The molecule has 30 heavy (non-hydrogen) atoms. The quantitative estimate of drug-likeness (QED) is 0.564. The summed E-state index contributed by atoms with van der Waals surface area (Å²) in [6.45, 7) is 0.220. The van der Waals surface area contributed by atoms with Crippen LogP contribution in [0.3, 0.4) is 0 Å². The maximum absolute atomic E-state index is 13.3. The molecule has 1 N–H and O–H groups in total. The van der Waals surface area contributed by atoms with Crippen molar-refractivity contribution >= 4 is 27.5 Å². The Morgan fingerprint density at radius 2 is 1.73 bits per heavy atom. The van der Waals surface area contributed by atoms with E-state index in [4.69, 9.17) is 16.0 Å². The number of nitrogens with one attached hydrogen (secondary N) is 1. The number of carbonyl (C=O) groups is 1. The Morgan fingerprint density at radius 3 is 2.33 bits per heavy atom. The van der Waals surface area contributed by atoms with Crippen molar-refractivity contribution in [3.8, 4) is 0 Å². The molecule has 1 heterocycles. The average Bonchev–Trinajstić information content (AvgIpc) is 3.40. The molecule has 1 fully saturated rings. The summed E-state index contributed by atoms with van der Waals surface area (Å²) in [7, 11) is -3.79. The molecule has 1 saturated carbocycles. The normalized spacial score (nSPS) is 14.1. The van der Waals surface area contributed by atoms with Gasteiger partial charge in [0, 0.05) is 23.2 Å².